The lowest BCUT2D eigenvalue weighted by Gasteiger charge is -2.06. The molecule has 96 valence electrons. The lowest BCUT2D eigenvalue weighted by atomic mass is 10.3. The Labute approximate surface area is 114 Å². The minimum absolute atomic E-state index is 0.523. The summed E-state index contributed by atoms with van der Waals surface area (Å²) in [5.41, 5.74) is 1.70. The molecule has 0 spiro atoms. The van der Waals surface area contributed by atoms with Gasteiger partial charge in [0.1, 0.15) is 11.4 Å². The molecule has 0 atom stereocenters. The van der Waals surface area contributed by atoms with E-state index in [1.165, 1.54) is 0 Å². The van der Waals surface area contributed by atoms with E-state index in [1.54, 1.807) is 13.3 Å². The minimum atomic E-state index is 0.523. The Morgan fingerprint density at radius 3 is 2.58 bits per heavy atom. The zero-order valence-corrected chi connectivity index (χ0v) is 10.9. The normalized spacial score (nSPS) is 10.6. The Bertz CT molecular complexity index is 726. The molecule has 7 heteroatoms. The monoisotopic (exact) mass is 273 g/mol. The number of ether oxygens (including phenoxy) is 1. The van der Waals surface area contributed by atoms with Crippen LogP contribution >= 0.6 is 12.2 Å². The number of benzene rings is 1. The number of nitrogens with zero attached hydrogens (tertiary/aromatic N) is 3. The maximum absolute atomic E-state index is 5.27. The molecule has 0 fully saturated rings. The first-order valence-corrected chi connectivity index (χ1v) is 6.02. The van der Waals surface area contributed by atoms with Gasteiger partial charge in [0.15, 0.2) is 10.6 Å². The van der Waals surface area contributed by atoms with Crippen LogP contribution in [0.5, 0.6) is 5.75 Å². The Balaban J connectivity index is 2.14. The van der Waals surface area contributed by atoms with Gasteiger partial charge < -0.3 is 4.74 Å². The van der Waals surface area contributed by atoms with Crippen molar-refractivity contribution in [3.8, 4) is 23.0 Å². The van der Waals surface area contributed by atoms with Crippen LogP contribution in [0.2, 0.25) is 0 Å². The molecule has 0 radical (unpaired) electrons. The largest absolute Gasteiger partial charge is 0.497 e. The highest BCUT2D eigenvalue weighted by atomic mass is 32.1. The third-order valence-corrected chi connectivity index (χ3v) is 3.02. The summed E-state index contributed by atoms with van der Waals surface area (Å²) in [5, 5.41) is 13.8. The summed E-state index contributed by atoms with van der Waals surface area (Å²) in [6.07, 6.45) is 1.67. The molecule has 0 saturated carbocycles. The quantitative estimate of drug-likeness (QED) is 0.718. The third kappa shape index (κ3) is 2.04. The molecular weight excluding hydrogens is 262 g/mol. The van der Waals surface area contributed by atoms with Gasteiger partial charge in [-0.25, -0.2) is 0 Å². The van der Waals surface area contributed by atoms with Crippen LogP contribution in [-0.4, -0.2) is 32.1 Å². The second kappa shape index (κ2) is 4.69. The zero-order valence-electron chi connectivity index (χ0n) is 10.1. The molecule has 0 amide bonds. The van der Waals surface area contributed by atoms with E-state index in [1.807, 2.05) is 34.9 Å². The van der Waals surface area contributed by atoms with Crippen molar-refractivity contribution in [2.24, 2.45) is 0 Å². The second-order valence-electron chi connectivity index (χ2n) is 3.86. The van der Waals surface area contributed by atoms with Crippen LogP contribution in [0.3, 0.4) is 0 Å². The summed E-state index contributed by atoms with van der Waals surface area (Å²) in [4.78, 5) is 0. The summed E-state index contributed by atoms with van der Waals surface area (Å²) in [7, 11) is 1.63. The number of aromatic amines is 2. The molecule has 2 N–H and O–H groups in total. The Kier molecular flexibility index (Phi) is 2.88. The van der Waals surface area contributed by atoms with Crippen molar-refractivity contribution in [1.82, 2.24) is 25.0 Å². The van der Waals surface area contributed by atoms with Crippen LogP contribution in [0.1, 0.15) is 0 Å². The summed E-state index contributed by atoms with van der Waals surface area (Å²) in [5.74, 6) is 1.48. The van der Waals surface area contributed by atoms with E-state index in [0.29, 0.717) is 10.6 Å². The van der Waals surface area contributed by atoms with Crippen molar-refractivity contribution in [2.45, 2.75) is 0 Å². The number of rotatable bonds is 3. The van der Waals surface area contributed by atoms with Crippen LogP contribution in [0.25, 0.3) is 17.2 Å². The molecule has 2 aromatic heterocycles. The van der Waals surface area contributed by atoms with E-state index in [2.05, 4.69) is 20.4 Å². The highest BCUT2D eigenvalue weighted by molar-refractivity contribution is 7.71. The predicted octanol–water partition coefficient (Wildman–Crippen LogP) is 2.33. The average molecular weight is 273 g/mol. The van der Waals surface area contributed by atoms with Crippen LogP contribution in [0.4, 0.5) is 0 Å². The van der Waals surface area contributed by atoms with E-state index in [4.69, 9.17) is 17.0 Å². The summed E-state index contributed by atoms with van der Waals surface area (Å²) >= 11 is 5.27. The maximum Gasteiger partial charge on any atom is 0.200 e. The molecule has 3 rings (SSSR count). The van der Waals surface area contributed by atoms with Crippen molar-refractivity contribution < 1.29 is 4.74 Å². The number of H-pyrrole nitrogens is 2. The molecule has 6 nitrogen and oxygen atoms in total. The molecule has 0 aliphatic rings. The van der Waals surface area contributed by atoms with Crippen molar-refractivity contribution in [2.75, 3.05) is 7.11 Å². The topological polar surface area (TPSA) is 71.5 Å². The molecule has 2 heterocycles. The Morgan fingerprint density at radius 2 is 1.95 bits per heavy atom. The van der Waals surface area contributed by atoms with Crippen LogP contribution in [0, 0.1) is 4.77 Å². The fourth-order valence-corrected chi connectivity index (χ4v) is 2.07. The van der Waals surface area contributed by atoms with Gasteiger partial charge in [0, 0.05) is 6.20 Å². The summed E-state index contributed by atoms with van der Waals surface area (Å²) in [6.45, 7) is 0. The number of methoxy groups -OCH3 is 1. The zero-order chi connectivity index (χ0) is 13.2. The molecule has 0 aliphatic carbocycles. The van der Waals surface area contributed by atoms with Crippen LogP contribution in [0.15, 0.2) is 36.5 Å². The standard InChI is InChI=1S/C12H11N5OS/c1-18-9-4-2-8(3-5-9)17-11(15-16-12(17)19)10-6-7-13-14-10/h2-7H,1H3,(H,13,14)(H,16,19). The van der Waals surface area contributed by atoms with Gasteiger partial charge in [-0.15, -0.1) is 0 Å². The Morgan fingerprint density at radius 1 is 1.16 bits per heavy atom. The van der Waals surface area contributed by atoms with Crippen LogP contribution < -0.4 is 4.74 Å². The van der Waals surface area contributed by atoms with Gasteiger partial charge in [0.05, 0.1) is 12.8 Å². The lowest BCUT2D eigenvalue weighted by molar-refractivity contribution is 0.414. The first-order valence-electron chi connectivity index (χ1n) is 5.61. The molecule has 19 heavy (non-hydrogen) atoms. The predicted molar refractivity (Wildman–Crippen MR) is 72.9 cm³/mol. The molecule has 0 aliphatic heterocycles. The molecule has 3 aromatic rings. The van der Waals surface area contributed by atoms with Crippen molar-refractivity contribution in [1.29, 1.82) is 0 Å². The van der Waals surface area contributed by atoms with Gasteiger partial charge >= 0.3 is 0 Å². The molecule has 1 aromatic carbocycles. The number of aromatic nitrogens is 5. The van der Waals surface area contributed by atoms with Crippen molar-refractivity contribution in [3.05, 3.63) is 41.3 Å². The summed E-state index contributed by atoms with van der Waals surface area (Å²) in [6, 6.07) is 9.43. The van der Waals surface area contributed by atoms with E-state index in [9.17, 15) is 0 Å². The van der Waals surface area contributed by atoms with Gasteiger partial charge in [-0.2, -0.15) is 10.2 Å². The van der Waals surface area contributed by atoms with E-state index in [-0.39, 0.29) is 0 Å². The van der Waals surface area contributed by atoms with E-state index < -0.39 is 0 Å². The van der Waals surface area contributed by atoms with Gasteiger partial charge in [-0.3, -0.25) is 14.8 Å². The van der Waals surface area contributed by atoms with E-state index >= 15 is 0 Å². The highest BCUT2D eigenvalue weighted by Crippen LogP contribution is 2.21. The van der Waals surface area contributed by atoms with Gasteiger partial charge in [0.2, 0.25) is 0 Å². The summed E-state index contributed by atoms with van der Waals surface area (Å²) < 4.78 is 7.50. The fraction of sp³-hybridized carbons (Fsp3) is 0.0833. The maximum atomic E-state index is 5.27. The number of nitrogens with one attached hydrogen (secondary N) is 2. The Hall–Kier alpha value is -2.41. The number of hydrogen-bond donors (Lipinski definition) is 2. The molecular formula is C12H11N5OS. The van der Waals surface area contributed by atoms with Crippen LogP contribution in [-0.2, 0) is 0 Å². The first-order chi connectivity index (χ1) is 9.29. The van der Waals surface area contributed by atoms with Gasteiger partial charge in [0.25, 0.3) is 0 Å². The lowest BCUT2D eigenvalue weighted by Crippen LogP contribution is -1.98. The van der Waals surface area contributed by atoms with Gasteiger partial charge in [-0.05, 0) is 42.5 Å². The molecule has 0 saturated heterocycles. The van der Waals surface area contributed by atoms with Crippen molar-refractivity contribution in [3.63, 3.8) is 0 Å². The average Bonchev–Trinajstić information content (AvgIpc) is 3.08. The minimum Gasteiger partial charge on any atom is -0.497 e. The van der Waals surface area contributed by atoms with E-state index in [0.717, 1.165) is 17.1 Å². The highest BCUT2D eigenvalue weighted by Gasteiger charge is 2.11. The second-order valence-corrected chi connectivity index (χ2v) is 4.24. The van der Waals surface area contributed by atoms with Crippen molar-refractivity contribution >= 4 is 12.2 Å². The number of hydrogen-bond acceptors (Lipinski definition) is 4. The first kappa shape index (κ1) is 11.7. The smallest absolute Gasteiger partial charge is 0.200 e. The fourth-order valence-electron chi connectivity index (χ4n) is 1.83. The molecule has 0 bridgehead atoms. The SMILES string of the molecule is COc1ccc(-n2c(-c3ccn[nH]3)n[nH]c2=S)cc1. The molecule has 0 unspecified atom stereocenters. The third-order valence-electron chi connectivity index (χ3n) is 2.74. The van der Waals surface area contributed by atoms with Gasteiger partial charge in [-0.1, -0.05) is 0 Å².